The number of ether oxygens (including phenoxy) is 1. The van der Waals surface area contributed by atoms with Gasteiger partial charge in [0.2, 0.25) is 0 Å². The van der Waals surface area contributed by atoms with Gasteiger partial charge in [-0.1, -0.05) is 13.8 Å². The van der Waals surface area contributed by atoms with Crippen LogP contribution < -0.4 is 0 Å². The molecule has 2 N–H and O–H groups in total. The van der Waals surface area contributed by atoms with Gasteiger partial charge in [0, 0.05) is 33.2 Å². The first kappa shape index (κ1) is 16.7. The number of carboxylic acid groups (broad SMARTS) is 1. The van der Waals surface area contributed by atoms with Crippen LogP contribution in [0.1, 0.15) is 20.3 Å². The van der Waals surface area contributed by atoms with E-state index in [-0.39, 0.29) is 24.9 Å². The number of hydrogen-bond acceptors (Lipinski definition) is 4. The van der Waals surface area contributed by atoms with Crippen LogP contribution in [-0.4, -0.2) is 77.5 Å². The van der Waals surface area contributed by atoms with Gasteiger partial charge >= 0.3 is 12.0 Å². The third-order valence-electron chi connectivity index (χ3n) is 3.23. The highest BCUT2D eigenvalue weighted by molar-refractivity contribution is 5.83. The van der Waals surface area contributed by atoms with Gasteiger partial charge in [-0.05, 0) is 5.92 Å². The van der Waals surface area contributed by atoms with Crippen LogP contribution in [-0.2, 0) is 9.53 Å². The van der Waals surface area contributed by atoms with E-state index in [2.05, 4.69) is 0 Å². The van der Waals surface area contributed by atoms with Crippen molar-refractivity contribution in [3.05, 3.63) is 0 Å². The number of nitrogens with zero attached hydrogens (tertiary/aromatic N) is 2. The molecule has 1 saturated heterocycles. The van der Waals surface area contributed by atoms with Gasteiger partial charge in [0.15, 0.2) is 0 Å². The Morgan fingerprint density at radius 2 is 2.10 bits per heavy atom. The van der Waals surface area contributed by atoms with Gasteiger partial charge in [0.05, 0.1) is 12.7 Å². The number of aliphatic hydroxyl groups is 1. The summed E-state index contributed by atoms with van der Waals surface area (Å²) >= 11 is 0. The van der Waals surface area contributed by atoms with E-state index in [1.807, 2.05) is 13.8 Å². The molecule has 0 bridgehead atoms. The molecule has 0 aromatic heterocycles. The number of carbonyl (C=O) groups is 2. The SMILES string of the molecule is COCCN(CC(C)C)C(=O)N1CC(O)C[C@H]1C(=O)O. The minimum Gasteiger partial charge on any atom is -0.480 e. The van der Waals surface area contributed by atoms with Gasteiger partial charge in [0.25, 0.3) is 0 Å². The maximum atomic E-state index is 12.5. The molecule has 0 aliphatic carbocycles. The van der Waals surface area contributed by atoms with Gasteiger partial charge in [-0.15, -0.1) is 0 Å². The molecular weight excluding hydrogens is 264 g/mol. The fraction of sp³-hybridized carbons (Fsp3) is 0.846. The molecule has 2 atom stereocenters. The van der Waals surface area contributed by atoms with Crippen molar-refractivity contribution in [1.82, 2.24) is 9.80 Å². The van der Waals surface area contributed by atoms with Crippen molar-refractivity contribution < 1.29 is 24.5 Å². The summed E-state index contributed by atoms with van der Waals surface area (Å²) in [5.74, 6) is -0.808. The van der Waals surface area contributed by atoms with Crippen LogP contribution in [0.4, 0.5) is 4.79 Å². The van der Waals surface area contributed by atoms with Crippen LogP contribution in [0.15, 0.2) is 0 Å². The molecule has 20 heavy (non-hydrogen) atoms. The number of aliphatic carboxylic acids is 1. The van der Waals surface area contributed by atoms with E-state index in [0.29, 0.717) is 19.7 Å². The Morgan fingerprint density at radius 1 is 1.45 bits per heavy atom. The fourth-order valence-corrected chi connectivity index (χ4v) is 2.35. The summed E-state index contributed by atoms with van der Waals surface area (Å²) in [6.45, 7) is 5.37. The molecule has 1 fully saturated rings. The van der Waals surface area contributed by atoms with Gasteiger partial charge in [0.1, 0.15) is 6.04 Å². The second-order valence-electron chi connectivity index (χ2n) is 5.51. The van der Waals surface area contributed by atoms with Crippen molar-refractivity contribution >= 4 is 12.0 Å². The summed E-state index contributed by atoms with van der Waals surface area (Å²) in [6, 6.07) is -1.30. The predicted molar refractivity (Wildman–Crippen MR) is 72.4 cm³/mol. The van der Waals surface area contributed by atoms with E-state index in [1.54, 1.807) is 12.0 Å². The van der Waals surface area contributed by atoms with Crippen molar-refractivity contribution in [3.8, 4) is 0 Å². The summed E-state index contributed by atoms with van der Waals surface area (Å²) < 4.78 is 4.98. The highest BCUT2D eigenvalue weighted by Gasteiger charge is 2.40. The zero-order chi connectivity index (χ0) is 15.3. The molecule has 116 valence electrons. The van der Waals surface area contributed by atoms with E-state index in [9.17, 15) is 14.7 Å². The van der Waals surface area contributed by atoms with Gasteiger partial charge < -0.3 is 24.7 Å². The molecule has 2 amide bonds. The summed E-state index contributed by atoms with van der Waals surface area (Å²) in [4.78, 5) is 26.5. The lowest BCUT2D eigenvalue weighted by Gasteiger charge is -2.31. The Hall–Kier alpha value is -1.34. The lowest BCUT2D eigenvalue weighted by molar-refractivity contribution is -0.141. The molecule has 0 spiro atoms. The minimum atomic E-state index is -1.08. The first-order valence-corrected chi connectivity index (χ1v) is 6.82. The van der Waals surface area contributed by atoms with Crippen molar-refractivity contribution in [2.24, 2.45) is 5.92 Å². The number of hydrogen-bond donors (Lipinski definition) is 2. The predicted octanol–water partition coefficient (Wildman–Crippen LogP) is 0.231. The topological polar surface area (TPSA) is 90.3 Å². The monoisotopic (exact) mass is 288 g/mol. The molecule has 1 heterocycles. The van der Waals surface area contributed by atoms with Crippen LogP contribution in [0.2, 0.25) is 0 Å². The highest BCUT2D eigenvalue weighted by Crippen LogP contribution is 2.20. The normalized spacial score (nSPS) is 22.4. The van der Waals surface area contributed by atoms with Crippen molar-refractivity contribution in [2.45, 2.75) is 32.4 Å². The molecule has 0 aromatic carbocycles. The van der Waals surface area contributed by atoms with Crippen molar-refractivity contribution in [2.75, 3.05) is 33.4 Å². The minimum absolute atomic E-state index is 0.0668. The Bertz CT molecular complexity index is 348. The fourth-order valence-electron chi connectivity index (χ4n) is 2.35. The number of urea groups is 1. The van der Waals surface area contributed by atoms with Crippen LogP contribution in [0.3, 0.4) is 0 Å². The standard InChI is InChI=1S/C13H24N2O5/c1-9(2)7-14(4-5-20-3)13(19)15-8-10(16)6-11(15)12(17)18/h9-11,16H,4-8H2,1-3H3,(H,17,18)/t10?,11-/m0/s1. The van der Waals surface area contributed by atoms with E-state index in [4.69, 9.17) is 9.84 Å². The largest absolute Gasteiger partial charge is 0.480 e. The smallest absolute Gasteiger partial charge is 0.326 e. The van der Waals surface area contributed by atoms with Crippen molar-refractivity contribution in [3.63, 3.8) is 0 Å². The van der Waals surface area contributed by atoms with Gasteiger partial charge in [-0.25, -0.2) is 9.59 Å². The van der Waals surface area contributed by atoms with E-state index in [0.717, 1.165) is 0 Å². The molecular formula is C13H24N2O5. The molecule has 0 aromatic rings. The molecule has 1 aliphatic heterocycles. The number of carbonyl (C=O) groups excluding carboxylic acids is 1. The highest BCUT2D eigenvalue weighted by atomic mass is 16.5. The molecule has 7 nitrogen and oxygen atoms in total. The zero-order valence-corrected chi connectivity index (χ0v) is 12.3. The molecule has 1 aliphatic rings. The van der Waals surface area contributed by atoms with Gasteiger partial charge in [-0.3, -0.25) is 0 Å². The quantitative estimate of drug-likeness (QED) is 0.730. The van der Waals surface area contributed by atoms with E-state index < -0.39 is 18.1 Å². The lowest BCUT2D eigenvalue weighted by atomic mass is 10.2. The number of carboxylic acids is 1. The maximum Gasteiger partial charge on any atom is 0.326 e. The number of aliphatic hydroxyl groups excluding tert-OH is 1. The van der Waals surface area contributed by atoms with Gasteiger partial charge in [-0.2, -0.15) is 0 Å². The molecule has 1 unspecified atom stereocenters. The number of likely N-dealkylation sites (tertiary alicyclic amines) is 1. The summed E-state index contributed by atoms with van der Waals surface area (Å²) in [5, 5.41) is 18.7. The van der Waals surface area contributed by atoms with Crippen molar-refractivity contribution in [1.29, 1.82) is 0 Å². The molecule has 7 heteroatoms. The van der Waals surface area contributed by atoms with Crippen LogP contribution in [0.25, 0.3) is 0 Å². The number of β-amino-alcohol motifs (C(OH)–C–C–N with tert-alkyl or cyclic N) is 1. The molecule has 0 saturated carbocycles. The Morgan fingerprint density at radius 3 is 2.60 bits per heavy atom. The van der Waals surface area contributed by atoms with Crippen LogP contribution >= 0.6 is 0 Å². The molecule has 0 radical (unpaired) electrons. The Labute approximate surface area is 119 Å². The summed E-state index contributed by atoms with van der Waals surface area (Å²) in [5.41, 5.74) is 0. The van der Waals surface area contributed by atoms with E-state index in [1.165, 1.54) is 4.90 Å². The number of amides is 2. The summed E-state index contributed by atoms with van der Waals surface area (Å²) in [7, 11) is 1.55. The van der Waals surface area contributed by atoms with E-state index >= 15 is 0 Å². The first-order valence-electron chi connectivity index (χ1n) is 6.82. The first-order chi connectivity index (χ1) is 9.36. The van der Waals surface area contributed by atoms with Crippen LogP contribution in [0.5, 0.6) is 0 Å². The summed E-state index contributed by atoms with van der Waals surface area (Å²) in [6.07, 6.45) is -0.690. The Kier molecular flexibility index (Phi) is 6.22. The lowest BCUT2D eigenvalue weighted by Crippen LogP contribution is -2.50. The average Bonchev–Trinajstić information content (AvgIpc) is 2.75. The molecule has 1 rings (SSSR count). The average molecular weight is 288 g/mol. The third-order valence-corrected chi connectivity index (χ3v) is 3.23. The number of rotatable bonds is 6. The number of methoxy groups -OCH3 is 1. The third kappa shape index (κ3) is 4.35. The maximum absolute atomic E-state index is 12.5. The Balaban J connectivity index is 2.78. The second kappa shape index (κ2) is 7.44. The zero-order valence-electron chi connectivity index (χ0n) is 12.3. The second-order valence-corrected chi connectivity index (χ2v) is 5.51. The van der Waals surface area contributed by atoms with Crippen LogP contribution in [0, 0.1) is 5.92 Å².